The zero-order valence-electron chi connectivity index (χ0n) is 12.2. The molecule has 0 aliphatic rings. The Morgan fingerprint density at radius 2 is 2.06 bits per heavy atom. The first-order valence-corrected chi connectivity index (χ1v) is 8.00. The summed E-state index contributed by atoms with van der Waals surface area (Å²) in [6.07, 6.45) is 3.73. The van der Waals surface area contributed by atoms with Crippen molar-refractivity contribution in [3.05, 3.63) is 21.9 Å². The maximum absolute atomic E-state index is 5.95. The van der Waals surface area contributed by atoms with Gasteiger partial charge in [-0.15, -0.1) is 11.3 Å². The van der Waals surface area contributed by atoms with E-state index < -0.39 is 0 Å². The van der Waals surface area contributed by atoms with Crippen LogP contribution in [0.3, 0.4) is 0 Å². The van der Waals surface area contributed by atoms with Crippen LogP contribution in [0.5, 0.6) is 0 Å². The molecule has 1 aromatic rings. The second-order valence-electron chi connectivity index (χ2n) is 4.70. The first kappa shape index (κ1) is 15.7. The summed E-state index contributed by atoms with van der Waals surface area (Å²) in [4.78, 5) is 1.38. The van der Waals surface area contributed by atoms with Gasteiger partial charge < -0.3 is 10.1 Å². The molecular formula is C15H27NOS. The number of aryl methyl sites for hydroxylation is 1. The molecule has 2 unspecified atom stereocenters. The highest BCUT2D eigenvalue weighted by Crippen LogP contribution is 2.26. The maximum Gasteiger partial charge on any atom is 0.0769 e. The lowest BCUT2D eigenvalue weighted by Crippen LogP contribution is -2.34. The number of hydrogen-bond acceptors (Lipinski definition) is 3. The van der Waals surface area contributed by atoms with Crippen molar-refractivity contribution in [1.82, 2.24) is 5.32 Å². The van der Waals surface area contributed by atoms with Gasteiger partial charge in [0, 0.05) is 11.5 Å². The molecule has 18 heavy (non-hydrogen) atoms. The van der Waals surface area contributed by atoms with Gasteiger partial charge in [-0.3, -0.25) is 0 Å². The number of rotatable bonds is 9. The Balaban J connectivity index is 2.80. The lowest BCUT2D eigenvalue weighted by Gasteiger charge is -2.27. The molecule has 2 nitrogen and oxygen atoms in total. The molecule has 0 amide bonds. The summed E-state index contributed by atoms with van der Waals surface area (Å²) in [5, 5.41) is 5.92. The van der Waals surface area contributed by atoms with Crippen molar-refractivity contribution in [2.75, 3.05) is 13.2 Å². The normalized spacial score (nSPS) is 14.7. The van der Waals surface area contributed by atoms with Gasteiger partial charge in [-0.05, 0) is 50.2 Å². The van der Waals surface area contributed by atoms with Gasteiger partial charge in [0.1, 0.15) is 0 Å². The van der Waals surface area contributed by atoms with Gasteiger partial charge in [0.05, 0.1) is 12.1 Å². The van der Waals surface area contributed by atoms with E-state index >= 15 is 0 Å². The van der Waals surface area contributed by atoms with E-state index in [4.69, 9.17) is 4.74 Å². The van der Waals surface area contributed by atoms with Gasteiger partial charge in [-0.2, -0.15) is 0 Å². The van der Waals surface area contributed by atoms with Crippen molar-refractivity contribution in [3.8, 4) is 0 Å². The summed E-state index contributed by atoms with van der Waals surface area (Å²) in [7, 11) is 0. The van der Waals surface area contributed by atoms with Crippen molar-refractivity contribution in [2.45, 2.75) is 59.1 Å². The molecule has 0 saturated heterocycles. The third-order valence-corrected chi connectivity index (χ3v) is 3.93. The molecular weight excluding hydrogens is 242 g/mol. The number of nitrogens with one attached hydrogen (secondary N) is 1. The Kier molecular flexibility index (Phi) is 7.56. The van der Waals surface area contributed by atoms with Gasteiger partial charge in [0.25, 0.3) is 0 Å². The van der Waals surface area contributed by atoms with E-state index in [-0.39, 0.29) is 0 Å². The standard InChI is InChI=1S/C15H27NOS/c1-5-8-14(17-7-3)15(16-9-6-2)13-10-12(4)18-11-13/h10-11,14-16H,5-9H2,1-4H3. The third-order valence-electron chi connectivity index (χ3n) is 3.05. The minimum Gasteiger partial charge on any atom is -0.377 e. The van der Waals surface area contributed by atoms with Crippen molar-refractivity contribution >= 4 is 11.3 Å². The summed E-state index contributed by atoms with van der Waals surface area (Å²) in [6.45, 7) is 10.5. The number of ether oxygens (including phenoxy) is 1. The third kappa shape index (κ3) is 4.71. The van der Waals surface area contributed by atoms with Crippen LogP contribution in [0.4, 0.5) is 0 Å². The fourth-order valence-electron chi connectivity index (χ4n) is 2.24. The van der Waals surface area contributed by atoms with Gasteiger partial charge >= 0.3 is 0 Å². The Morgan fingerprint density at radius 1 is 1.28 bits per heavy atom. The Morgan fingerprint density at radius 3 is 2.56 bits per heavy atom. The average molecular weight is 269 g/mol. The second kappa shape index (κ2) is 8.68. The molecule has 1 N–H and O–H groups in total. The summed E-state index contributed by atoms with van der Waals surface area (Å²) in [5.41, 5.74) is 1.39. The summed E-state index contributed by atoms with van der Waals surface area (Å²) < 4.78 is 5.95. The molecule has 2 atom stereocenters. The lowest BCUT2D eigenvalue weighted by atomic mass is 10.00. The van der Waals surface area contributed by atoms with Crippen molar-refractivity contribution in [3.63, 3.8) is 0 Å². The molecule has 1 aromatic heterocycles. The van der Waals surface area contributed by atoms with Gasteiger partial charge in [-0.1, -0.05) is 20.3 Å². The van der Waals surface area contributed by atoms with Crippen molar-refractivity contribution in [2.24, 2.45) is 0 Å². The molecule has 0 bridgehead atoms. The van der Waals surface area contributed by atoms with Crippen LogP contribution in [-0.4, -0.2) is 19.3 Å². The minimum atomic E-state index is 0.292. The highest BCUT2D eigenvalue weighted by Gasteiger charge is 2.23. The molecule has 1 rings (SSSR count). The summed E-state index contributed by atoms with van der Waals surface area (Å²) in [5.74, 6) is 0. The Labute approximate surface area is 116 Å². The number of hydrogen-bond donors (Lipinski definition) is 1. The molecule has 0 aliphatic heterocycles. The fourth-order valence-corrected chi connectivity index (χ4v) is 2.98. The van der Waals surface area contributed by atoms with Gasteiger partial charge in [-0.25, -0.2) is 0 Å². The largest absolute Gasteiger partial charge is 0.377 e. The molecule has 0 aromatic carbocycles. The first-order chi connectivity index (χ1) is 8.72. The lowest BCUT2D eigenvalue weighted by molar-refractivity contribution is 0.0277. The topological polar surface area (TPSA) is 21.3 Å². The Bertz CT molecular complexity index is 318. The van der Waals surface area contributed by atoms with Crippen LogP contribution in [0.2, 0.25) is 0 Å². The molecule has 104 valence electrons. The highest BCUT2D eigenvalue weighted by atomic mass is 32.1. The van der Waals surface area contributed by atoms with Crippen LogP contribution in [0, 0.1) is 6.92 Å². The zero-order chi connectivity index (χ0) is 13.4. The van der Waals surface area contributed by atoms with Crippen molar-refractivity contribution in [1.29, 1.82) is 0 Å². The fraction of sp³-hybridized carbons (Fsp3) is 0.733. The SMILES string of the molecule is CCCNC(c1csc(C)c1)C(CCC)OCC. The van der Waals surface area contributed by atoms with Crippen LogP contribution in [0.1, 0.15) is 56.5 Å². The highest BCUT2D eigenvalue weighted by molar-refractivity contribution is 7.10. The molecule has 0 radical (unpaired) electrons. The summed E-state index contributed by atoms with van der Waals surface area (Å²) >= 11 is 1.82. The van der Waals surface area contributed by atoms with Gasteiger partial charge in [0.2, 0.25) is 0 Å². The molecule has 0 aliphatic carbocycles. The molecule has 3 heteroatoms. The monoisotopic (exact) mass is 269 g/mol. The van der Waals surface area contributed by atoms with Gasteiger partial charge in [0.15, 0.2) is 0 Å². The predicted molar refractivity (Wildman–Crippen MR) is 80.4 cm³/mol. The summed E-state index contributed by atoms with van der Waals surface area (Å²) in [6, 6.07) is 2.63. The van der Waals surface area contributed by atoms with Crippen LogP contribution in [-0.2, 0) is 4.74 Å². The van der Waals surface area contributed by atoms with E-state index in [9.17, 15) is 0 Å². The van der Waals surface area contributed by atoms with Crippen LogP contribution < -0.4 is 5.32 Å². The van der Waals surface area contributed by atoms with E-state index in [0.717, 1.165) is 32.4 Å². The van der Waals surface area contributed by atoms with Crippen LogP contribution in [0.25, 0.3) is 0 Å². The van der Waals surface area contributed by atoms with E-state index in [2.05, 4.69) is 44.5 Å². The molecule has 0 spiro atoms. The second-order valence-corrected chi connectivity index (χ2v) is 5.82. The molecule has 0 fully saturated rings. The van der Waals surface area contributed by atoms with E-state index in [0.29, 0.717) is 12.1 Å². The van der Waals surface area contributed by atoms with Crippen molar-refractivity contribution < 1.29 is 4.74 Å². The van der Waals surface area contributed by atoms with E-state index in [1.165, 1.54) is 10.4 Å². The predicted octanol–water partition coefficient (Wildman–Crippen LogP) is 4.30. The minimum absolute atomic E-state index is 0.292. The van der Waals surface area contributed by atoms with E-state index in [1.54, 1.807) is 0 Å². The smallest absolute Gasteiger partial charge is 0.0769 e. The first-order valence-electron chi connectivity index (χ1n) is 7.12. The van der Waals surface area contributed by atoms with E-state index in [1.807, 2.05) is 11.3 Å². The molecule has 1 heterocycles. The average Bonchev–Trinajstić information content (AvgIpc) is 2.77. The molecule has 0 saturated carbocycles. The zero-order valence-corrected chi connectivity index (χ0v) is 13.0. The van der Waals surface area contributed by atoms with Crippen LogP contribution in [0.15, 0.2) is 11.4 Å². The quantitative estimate of drug-likeness (QED) is 0.721. The number of thiophene rings is 1. The van der Waals surface area contributed by atoms with Crippen LogP contribution >= 0.6 is 11.3 Å². The maximum atomic E-state index is 5.95. The Hall–Kier alpha value is -0.380.